The zero-order valence-corrected chi connectivity index (χ0v) is 12.6. The van der Waals surface area contributed by atoms with Crippen molar-refractivity contribution in [1.82, 2.24) is 30.1 Å². The summed E-state index contributed by atoms with van der Waals surface area (Å²) in [5.74, 6) is -0.00449. The van der Waals surface area contributed by atoms with E-state index in [1.807, 2.05) is 11.6 Å². The van der Waals surface area contributed by atoms with Gasteiger partial charge in [0.2, 0.25) is 0 Å². The molecule has 3 heterocycles. The Kier molecular flexibility index (Phi) is 4.10. The molecule has 0 saturated heterocycles. The van der Waals surface area contributed by atoms with Crippen LogP contribution in [-0.2, 0) is 17.8 Å². The summed E-state index contributed by atoms with van der Waals surface area (Å²) in [7, 11) is 1.66. The molecular weight excluding hydrogens is 284 g/mol. The van der Waals surface area contributed by atoms with E-state index in [2.05, 4.69) is 20.5 Å². The first-order valence-electron chi connectivity index (χ1n) is 7.21. The molecule has 22 heavy (non-hydrogen) atoms. The first kappa shape index (κ1) is 14.6. The van der Waals surface area contributed by atoms with Crippen molar-refractivity contribution in [1.29, 1.82) is 0 Å². The van der Waals surface area contributed by atoms with Gasteiger partial charge in [-0.1, -0.05) is 5.21 Å². The standard InChI is InChI=1S/C14H18N6O2/c1-3-20-13-11(9-22-2)7-19(8-12(13)17-18-20)14(21)10-4-5-15-16-6-10/h4-6,11H,3,7-9H2,1-2H3/t11-/m1/s1. The number of aryl methyl sites for hydroxylation is 1. The highest BCUT2D eigenvalue weighted by Gasteiger charge is 2.33. The van der Waals surface area contributed by atoms with Crippen LogP contribution in [0.3, 0.4) is 0 Å². The average molecular weight is 302 g/mol. The second-order valence-corrected chi connectivity index (χ2v) is 5.21. The minimum atomic E-state index is -0.0762. The van der Waals surface area contributed by atoms with Gasteiger partial charge in [0.05, 0.1) is 36.8 Å². The predicted octanol–water partition coefficient (Wildman–Crippen LogP) is 0.474. The molecule has 0 bridgehead atoms. The molecule has 1 atom stereocenters. The Morgan fingerprint density at radius 3 is 3.00 bits per heavy atom. The molecule has 0 N–H and O–H groups in total. The molecule has 2 aromatic heterocycles. The Labute approximate surface area is 128 Å². The Morgan fingerprint density at radius 1 is 1.45 bits per heavy atom. The van der Waals surface area contributed by atoms with Crippen molar-refractivity contribution in [3.8, 4) is 0 Å². The van der Waals surface area contributed by atoms with Crippen LogP contribution in [0.1, 0.15) is 34.6 Å². The van der Waals surface area contributed by atoms with Crippen LogP contribution in [0.2, 0.25) is 0 Å². The number of nitrogens with zero attached hydrogens (tertiary/aromatic N) is 6. The lowest BCUT2D eigenvalue weighted by atomic mass is 9.98. The fourth-order valence-electron chi connectivity index (χ4n) is 2.83. The maximum absolute atomic E-state index is 12.6. The number of fused-ring (bicyclic) bond motifs is 1. The molecule has 0 aliphatic carbocycles. The van der Waals surface area contributed by atoms with Crippen LogP contribution in [0.4, 0.5) is 0 Å². The number of amides is 1. The molecule has 8 nitrogen and oxygen atoms in total. The quantitative estimate of drug-likeness (QED) is 0.816. The number of methoxy groups -OCH3 is 1. The molecule has 2 aromatic rings. The Hall–Kier alpha value is -2.35. The zero-order chi connectivity index (χ0) is 15.5. The van der Waals surface area contributed by atoms with Crippen LogP contribution in [0, 0.1) is 0 Å². The molecular formula is C14H18N6O2. The fraction of sp³-hybridized carbons (Fsp3) is 0.500. The second-order valence-electron chi connectivity index (χ2n) is 5.21. The Bertz CT molecular complexity index is 657. The SMILES string of the molecule is CCn1nnc2c1[C@@H](COC)CN(C(=O)c1ccnnc1)C2. The Balaban J connectivity index is 1.89. The first-order valence-corrected chi connectivity index (χ1v) is 7.21. The average Bonchev–Trinajstić information content (AvgIpc) is 2.98. The van der Waals surface area contributed by atoms with Crippen molar-refractivity contribution in [2.24, 2.45) is 0 Å². The van der Waals surface area contributed by atoms with Gasteiger partial charge in [0.15, 0.2) is 0 Å². The number of rotatable bonds is 4. The summed E-state index contributed by atoms with van der Waals surface area (Å²) in [4.78, 5) is 14.4. The van der Waals surface area contributed by atoms with E-state index < -0.39 is 0 Å². The third kappa shape index (κ3) is 2.57. The van der Waals surface area contributed by atoms with Crippen LogP contribution < -0.4 is 0 Å². The summed E-state index contributed by atoms with van der Waals surface area (Å²) in [5.41, 5.74) is 2.43. The number of hydrogen-bond acceptors (Lipinski definition) is 6. The van der Waals surface area contributed by atoms with E-state index in [-0.39, 0.29) is 11.8 Å². The van der Waals surface area contributed by atoms with Gasteiger partial charge < -0.3 is 9.64 Å². The summed E-state index contributed by atoms with van der Waals surface area (Å²) in [6.45, 7) is 4.34. The lowest BCUT2D eigenvalue weighted by Gasteiger charge is -2.32. The van der Waals surface area contributed by atoms with Gasteiger partial charge in [-0.25, -0.2) is 4.68 Å². The summed E-state index contributed by atoms with van der Waals surface area (Å²) >= 11 is 0. The van der Waals surface area contributed by atoms with Crippen LogP contribution in [0.25, 0.3) is 0 Å². The van der Waals surface area contributed by atoms with Crippen LogP contribution >= 0.6 is 0 Å². The largest absolute Gasteiger partial charge is 0.384 e. The van der Waals surface area contributed by atoms with Crippen molar-refractivity contribution in [2.75, 3.05) is 20.3 Å². The van der Waals surface area contributed by atoms with E-state index in [0.717, 1.165) is 17.9 Å². The van der Waals surface area contributed by atoms with Gasteiger partial charge in [-0.3, -0.25) is 4.79 Å². The van der Waals surface area contributed by atoms with Crippen molar-refractivity contribution >= 4 is 5.91 Å². The van der Waals surface area contributed by atoms with Crippen LogP contribution in [0.15, 0.2) is 18.5 Å². The summed E-state index contributed by atoms with van der Waals surface area (Å²) in [5, 5.41) is 15.9. The number of carbonyl (C=O) groups excluding carboxylic acids is 1. The zero-order valence-electron chi connectivity index (χ0n) is 12.6. The maximum atomic E-state index is 12.6. The van der Waals surface area contributed by atoms with E-state index in [0.29, 0.717) is 25.3 Å². The monoisotopic (exact) mass is 302 g/mol. The lowest BCUT2D eigenvalue weighted by molar-refractivity contribution is 0.0672. The molecule has 1 aliphatic rings. The number of aromatic nitrogens is 5. The molecule has 0 aromatic carbocycles. The van der Waals surface area contributed by atoms with Crippen molar-refractivity contribution in [2.45, 2.75) is 25.9 Å². The van der Waals surface area contributed by atoms with Gasteiger partial charge in [0, 0.05) is 26.1 Å². The summed E-state index contributed by atoms with van der Waals surface area (Å²) in [6.07, 6.45) is 2.99. The lowest BCUT2D eigenvalue weighted by Crippen LogP contribution is -2.40. The van der Waals surface area contributed by atoms with Gasteiger partial charge in [0.1, 0.15) is 5.69 Å². The van der Waals surface area contributed by atoms with Crippen molar-refractivity contribution < 1.29 is 9.53 Å². The van der Waals surface area contributed by atoms with E-state index in [1.54, 1.807) is 18.1 Å². The van der Waals surface area contributed by atoms with Gasteiger partial charge in [-0.05, 0) is 13.0 Å². The van der Waals surface area contributed by atoms with Gasteiger partial charge in [0.25, 0.3) is 5.91 Å². The molecule has 1 aliphatic heterocycles. The molecule has 0 unspecified atom stereocenters. The third-order valence-corrected chi connectivity index (χ3v) is 3.80. The molecule has 3 rings (SSSR count). The molecule has 8 heteroatoms. The normalized spacial score (nSPS) is 17.4. The van der Waals surface area contributed by atoms with Crippen LogP contribution in [0.5, 0.6) is 0 Å². The minimum Gasteiger partial charge on any atom is -0.384 e. The fourth-order valence-corrected chi connectivity index (χ4v) is 2.83. The first-order chi connectivity index (χ1) is 10.7. The number of carbonyl (C=O) groups is 1. The highest BCUT2D eigenvalue weighted by Crippen LogP contribution is 2.28. The molecule has 0 fully saturated rings. The summed E-state index contributed by atoms with van der Waals surface area (Å²) in [6, 6.07) is 1.67. The topological polar surface area (TPSA) is 86.0 Å². The highest BCUT2D eigenvalue weighted by atomic mass is 16.5. The smallest absolute Gasteiger partial charge is 0.255 e. The summed E-state index contributed by atoms with van der Waals surface area (Å²) < 4.78 is 7.20. The number of hydrogen-bond donors (Lipinski definition) is 0. The molecule has 0 radical (unpaired) electrons. The Morgan fingerprint density at radius 2 is 2.32 bits per heavy atom. The van der Waals surface area contributed by atoms with Gasteiger partial charge in [-0.2, -0.15) is 10.2 Å². The van der Waals surface area contributed by atoms with Crippen molar-refractivity contribution in [3.63, 3.8) is 0 Å². The van der Waals surface area contributed by atoms with Gasteiger partial charge in [-0.15, -0.1) is 5.10 Å². The number of ether oxygens (including phenoxy) is 1. The minimum absolute atomic E-state index is 0.0717. The molecule has 1 amide bonds. The van der Waals surface area contributed by atoms with E-state index in [4.69, 9.17) is 4.74 Å². The van der Waals surface area contributed by atoms with E-state index in [9.17, 15) is 4.79 Å². The van der Waals surface area contributed by atoms with Crippen molar-refractivity contribution in [3.05, 3.63) is 35.4 Å². The molecule has 116 valence electrons. The molecule has 0 saturated carbocycles. The molecule has 0 spiro atoms. The van der Waals surface area contributed by atoms with E-state index in [1.165, 1.54) is 12.4 Å². The maximum Gasteiger partial charge on any atom is 0.255 e. The highest BCUT2D eigenvalue weighted by molar-refractivity contribution is 5.93. The second kappa shape index (κ2) is 6.18. The third-order valence-electron chi connectivity index (χ3n) is 3.80. The van der Waals surface area contributed by atoms with E-state index >= 15 is 0 Å². The van der Waals surface area contributed by atoms with Crippen LogP contribution in [-0.4, -0.2) is 56.3 Å². The van der Waals surface area contributed by atoms with Gasteiger partial charge >= 0.3 is 0 Å². The predicted molar refractivity (Wildman–Crippen MR) is 77.1 cm³/mol.